The van der Waals surface area contributed by atoms with Gasteiger partial charge in [-0.3, -0.25) is 0 Å². The Bertz CT molecular complexity index is 591. The third kappa shape index (κ3) is 15.3. The minimum absolute atomic E-state index is 0.303. The van der Waals surface area contributed by atoms with E-state index >= 15 is 0 Å². The number of hydrogen-bond donors (Lipinski definition) is 2. The molecule has 0 heterocycles. The van der Waals surface area contributed by atoms with Crippen LogP contribution in [0, 0.1) is 17.3 Å². The molecule has 2 N–H and O–H groups in total. The fraction of sp³-hybridized carbons (Fsp3) is 1.00. The van der Waals surface area contributed by atoms with Crippen molar-refractivity contribution in [2.45, 2.75) is 169 Å². The lowest BCUT2D eigenvalue weighted by atomic mass is 9.60. The van der Waals surface area contributed by atoms with Gasteiger partial charge in [0, 0.05) is 13.1 Å². The molecule has 2 saturated carbocycles. The number of unbranched alkanes of at least 4 members (excludes halogenated alkanes) is 4. The highest BCUT2D eigenvalue weighted by molar-refractivity contribution is 4.91. The van der Waals surface area contributed by atoms with Gasteiger partial charge in [0.05, 0.1) is 37.6 Å². The first kappa shape index (κ1) is 38.9. The number of nitrogens with zero attached hydrogens (tertiary/aromatic N) is 2. The third-order valence-electron chi connectivity index (χ3n) is 10.8. The van der Waals surface area contributed by atoms with E-state index < -0.39 is 0 Å². The van der Waals surface area contributed by atoms with Gasteiger partial charge in [0.15, 0.2) is 0 Å². The average Bonchev–Trinajstić information content (AvgIpc) is 3.02. The number of rotatable bonds is 24. The fourth-order valence-corrected chi connectivity index (χ4v) is 7.59. The number of hydrogen-bond acceptors (Lipinski definition) is 6. The lowest BCUT2D eigenvalue weighted by Gasteiger charge is -2.46. The lowest BCUT2D eigenvalue weighted by Crippen LogP contribution is -2.41. The van der Waals surface area contributed by atoms with Gasteiger partial charge in [-0.15, -0.1) is 0 Å². The first-order valence-corrected chi connectivity index (χ1v) is 18.8. The van der Waals surface area contributed by atoms with Gasteiger partial charge in [-0.2, -0.15) is 0 Å². The summed E-state index contributed by atoms with van der Waals surface area (Å²) >= 11 is 0. The summed E-state index contributed by atoms with van der Waals surface area (Å²) < 4.78 is 12.5. The van der Waals surface area contributed by atoms with Crippen LogP contribution in [0.15, 0.2) is 0 Å². The van der Waals surface area contributed by atoms with Crippen molar-refractivity contribution in [2.75, 3.05) is 52.5 Å². The molecule has 0 spiro atoms. The van der Waals surface area contributed by atoms with E-state index in [1.165, 1.54) is 77.0 Å². The number of aliphatic hydroxyl groups excluding tert-OH is 2. The highest BCUT2D eigenvalue weighted by atomic mass is 16.5. The summed E-state index contributed by atoms with van der Waals surface area (Å²) in [5.41, 5.74) is 0.340. The van der Waals surface area contributed by atoms with Crippen LogP contribution < -0.4 is 0 Å². The van der Waals surface area contributed by atoms with Crippen molar-refractivity contribution in [2.24, 2.45) is 17.3 Å². The van der Waals surface area contributed by atoms with Crippen molar-refractivity contribution >= 4 is 0 Å². The summed E-state index contributed by atoms with van der Waals surface area (Å²) in [5.74, 6) is 1.50. The maximum atomic E-state index is 10.7. The van der Waals surface area contributed by atoms with Crippen molar-refractivity contribution in [1.82, 2.24) is 9.80 Å². The Hall–Kier alpha value is -0.240. The van der Waals surface area contributed by atoms with Gasteiger partial charge in [-0.05, 0) is 120 Å². The van der Waals surface area contributed by atoms with Gasteiger partial charge in [-0.1, -0.05) is 67.2 Å². The SMILES string of the molecule is CCCCN(CCCC)CC(O)COC1CCC(C(C)(C)C2CCC(OCC(O)CN(CCCC)CCCC)CC2)CC1. The molecule has 256 valence electrons. The van der Waals surface area contributed by atoms with Crippen LogP contribution >= 0.6 is 0 Å². The largest absolute Gasteiger partial charge is 0.389 e. The van der Waals surface area contributed by atoms with E-state index in [1.807, 2.05) is 0 Å². The van der Waals surface area contributed by atoms with Crippen LogP contribution in [0.1, 0.15) is 144 Å². The Morgan fingerprint density at radius 2 is 0.860 bits per heavy atom. The van der Waals surface area contributed by atoms with Crippen LogP contribution in [-0.2, 0) is 9.47 Å². The molecule has 0 radical (unpaired) electrons. The fourth-order valence-electron chi connectivity index (χ4n) is 7.59. The van der Waals surface area contributed by atoms with Gasteiger partial charge in [0.2, 0.25) is 0 Å². The molecule has 2 fully saturated rings. The monoisotopic (exact) mass is 611 g/mol. The van der Waals surface area contributed by atoms with Gasteiger partial charge in [0.25, 0.3) is 0 Å². The molecule has 0 aromatic rings. The molecular weight excluding hydrogens is 536 g/mol. The van der Waals surface area contributed by atoms with Crippen molar-refractivity contribution < 1.29 is 19.7 Å². The van der Waals surface area contributed by atoms with E-state index in [0.29, 0.717) is 30.8 Å². The molecule has 6 nitrogen and oxygen atoms in total. The number of aliphatic hydroxyl groups is 2. The summed E-state index contributed by atoms with van der Waals surface area (Å²) in [6.45, 7) is 20.7. The Balaban J connectivity index is 1.67. The molecule has 2 unspecified atom stereocenters. The van der Waals surface area contributed by atoms with Gasteiger partial charge in [-0.25, -0.2) is 0 Å². The zero-order valence-corrected chi connectivity index (χ0v) is 29.5. The smallest absolute Gasteiger partial charge is 0.0900 e. The second-order valence-corrected chi connectivity index (χ2v) is 14.8. The minimum Gasteiger partial charge on any atom is -0.389 e. The predicted octanol–water partition coefficient (Wildman–Crippen LogP) is 7.69. The zero-order chi connectivity index (χ0) is 31.5. The van der Waals surface area contributed by atoms with Crippen LogP contribution in [0.4, 0.5) is 0 Å². The maximum Gasteiger partial charge on any atom is 0.0900 e. The van der Waals surface area contributed by atoms with E-state index in [4.69, 9.17) is 9.47 Å². The topological polar surface area (TPSA) is 65.4 Å². The van der Waals surface area contributed by atoms with Crippen LogP contribution in [0.3, 0.4) is 0 Å². The van der Waals surface area contributed by atoms with E-state index in [-0.39, 0.29) is 12.2 Å². The lowest BCUT2D eigenvalue weighted by molar-refractivity contribution is -0.0647. The Kier molecular flexibility index (Phi) is 20.2. The standard InChI is InChI=1S/C37H74N2O4/c1-7-11-23-38(24-12-8-2)27-33(40)29-42-35-19-15-31(16-20-35)37(5,6)32-17-21-36(22-18-32)43-30-34(41)28-39(25-13-9-3)26-14-10-4/h31-36,40-41H,7-30H2,1-6H3. The first-order chi connectivity index (χ1) is 20.7. The van der Waals surface area contributed by atoms with E-state index in [2.05, 4.69) is 51.3 Å². The van der Waals surface area contributed by atoms with Crippen LogP contribution in [-0.4, -0.2) is 96.9 Å². The zero-order valence-electron chi connectivity index (χ0n) is 29.5. The Morgan fingerprint density at radius 1 is 0.558 bits per heavy atom. The summed E-state index contributed by atoms with van der Waals surface area (Å²) in [6, 6.07) is 0. The van der Waals surface area contributed by atoms with Gasteiger partial charge < -0.3 is 29.5 Å². The van der Waals surface area contributed by atoms with Gasteiger partial charge in [0.1, 0.15) is 0 Å². The molecule has 2 rings (SSSR count). The van der Waals surface area contributed by atoms with E-state index in [9.17, 15) is 10.2 Å². The van der Waals surface area contributed by atoms with Crippen molar-refractivity contribution in [1.29, 1.82) is 0 Å². The molecule has 2 aliphatic rings. The normalized spacial score (nSPS) is 25.0. The molecule has 43 heavy (non-hydrogen) atoms. The summed E-state index contributed by atoms with van der Waals surface area (Å²) in [4.78, 5) is 4.86. The van der Waals surface area contributed by atoms with Crippen molar-refractivity contribution in [3.05, 3.63) is 0 Å². The molecule has 0 bridgehead atoms. The first-order valence-electron chi connectivity index (χ1n) is 18.8. The number of ether oxygens (including phenoxy) is 2. The Morgan fingerprint density at radius 3 is 1.14 bits per heavy atom. The average molecular weight is 611 g/mol. The van der Waals surface area contributed by atoms with Crippen LogP contribution in [0.25, 0.3) is 0 Å². The van der Waals surface area contributed by atoms with E-state index in [0.717, 1.165) is 76.8 Å². The van der Waals surface area contributed by atoms with Crippen molar-refractivity contribution in [3.63, 3.8) is 0 Å². The highest BCUT2D eigenvalue weighted by Crippen LogP contribution is 2.48. The molecule has 0 aromatic heterocycles. The molecule has 2 atom stereocenters. The summed E-state index contributed by atoms with van der Waals surface area (Å²) in [6.07, 6.45) is 18.9. The highest BCUT2D eigenvalue weighted by Gasteiger charge is 2.41. The van der Waals surface area contributed by atoms with Gasteiger partial charge >= 0.3 is 0 Å². The molecule has 0 aliphatic heterocycles. The molecule has 6 heteroatoms. The Labute approximate surface area is 267 Å². The second kappa shape index (κ2) is 22.3. The van der Waals surface area contributed by atoms with E-state index in [1.54, 1.807) is 0 Å². The van der Waals surface area contributed by atoms with Crippen LogP contribution in [0.5, 0.6) is 0 Å². The minimum atomic E-state index is -0.387. The van der Waals surface area contributed by atoms with Crippen LogP contribution in [0.2, 0.25) is 0 Å². The molecular formula is C37H74N2O4. The predicted molar refractivity (Wildman–Crippen MR) is 182 cm³/mol. The summed E-state index contributed by atoms with van der Waals surface area (Å²) in [5, 5.41) is 21.4. The summed E-state index contributed by atoms with van der Waals surface area (Å²) in [7, 11) is 0. The van der Waals surface area contributed by atoms with Crippen molar-refractivity contribution in [3.8, 4) is 0 Å². The quantitative estimate of drug-likeness (QED) is 0.117. The molecule has 2 aliphatic carbocycles. The molecule has 0 saturated heterocycles. The second-order valence-electron chi connectivity index (χ2n) is 14.8. The third-order valence-corrected chi connectivity index (χ3v) is 10.8. The maximum absolute atomic E-state index is 10.7. The molecule has 0 aromatic carbocycles. The molecule has 0 amide bonds.